The van der Waals surface area contributed by atoms with Crippen LogP contribution in [0.4, 0.5) is 0 Å². The molecule has 0 aromatic heterocycles. The van der Waals surface area contributed by atoms with Gasteiger partial charge in [0.15, 0.2) is 0 Å². The van der Waals surface area contributed by atoms with Crippen molar-refractivity contribution in [3.63, 3.8) is 0 Å². The van der Waals surface area contributed by atoms with Gasteiger partial charge in [-0.1, -0.05) is 13.3 Å². The van der Waals surface area contributed by atoms with Crippen LogP contribution in [0.5, 0.6) is 0 Å². The van der Waals surface area contributed by atoms with Gasteiger partial charge in [-0.15, -0.1) is 0 Å². The third-order valence-corrected chi connectivity index (χ3v) is 3.38. The summed E-state index contributed by atoms with van der Waals surface area (Å²) in [4.78, 5) is 33.8. The minimum atomic E-state index is -0.442. The fourth-order valence-electron chi connectivity index (χ4n) is 2.39. The monoisotopic (exact) mass is 240 g/mol. The molecule has 17 heavy (non-hydrogen) atoms. The zero-order valence-electron chi connectivity index (χ0n) is 10.1. The van der Waals surface area contributed by atoms with Crippen molar-refractivity contribution >= 4 is 18.1 Å². The number of aldehydes is 1. The van der Waals surface area contributed by atoms with Gasteiger partial charge in [0.25, 0.3) is 0 Å². The van der Waals surface area contributed by atoms with Crippen molar-refractivity contribution in [1.29, 1.82) is 0 Å². The van der Waals surface area contributed by atoms with E-state index in [4.69, 9.17) is 5.73 Å². The maximum Gasteiger partial charge on any atom is 0.223 e. The highest BCUT2D eigenvalue weighted by Gasteiger charge is 2.32. The Morgan fingerprint density at radius 3 is 2.76 bits per heavy atom. The first-order valence-corrected chi connectivity index (χ1v) is 6.12. The predicted octanol–water partition coefficient (Wildman–Crippen LogP) is 0.229. The molecule has 0 aromatic rings. The van der Waals surface area contributed by atoms with Crippen molar-refractivity contribution < 1.29 is 14.4 Å². The molecule has 3 N–H and O–H groups in total. The van der Waals surface area contributed by atoms with E-state index in [0.717, 1.165) is 19.1 Å². The Balaban J connectivity index is 2.64. The highest BCUT2D eigenvalue weighted by atomic mass is 16.2. The molecule has 3 atom stereocenters. The Bertz CT molecular complexity index is 304. The topological polar surface area (TPSA) is 89.3 Å². The van der Waals surface area contributed by atoms with Gasteiger partial charge < -0.3 is 15.8 Å². The largest absolute Gasteiger partial charge is 0.369 e. The highest BCUT2D eigenvalue weighted by molar-refractivity contribution is 5.82. The Labute approximate surface area is 101 Å². The van der Waals surface area contributed by atoms with Crippen LogP contribution in [-0.2, 0) is 14.4 Å². The average molecular weight is 240 g/mol. The van der Waals surface area contributed by atoms with Crippen LogP contribution < -0.4 is 11.1 Å². The van der Waals surface area contributed by atoms with Gasteiger partial charge in [-0.05, 0) is 19.3 Å². The molecule has 5 heteroatoms. The second-order valence-corrected chi connectivity index (χ2v) is 4.61. The van der Waals surface area contributed by atoms with Crippen molar-refractivity contribution in [1.82, 2.24) is 5.32 Å². The number of hydrogen-bond acceptors (Lipinski definition) is 3. The first-order chi connectivity index (χ1) is 8.10. The Morgan fingerprint density at radius 1 is 1.65 bits per heavy atom. The number of amides is 2. The van der Waals surface area contributed by atoms with E-state index in [1.807, 2.05) is 6.92 Å². The lowest BCUT2D eigenvalue weighted by atomic mass is 9.82. The van der Waals surface area contributed by atoms with Crippen LogP contribution in [0.15, 0.2) is 0 Å². The molecule has 1 aliphatic heterocycles. The number of nitrogens with one attached hydrogen (secondary N) is 1. The van der Waals surface area contributed by atoms with E-state index in [-0.39, 0.29) is 11.8 Å². The van der Waals surface area contributed by atoms with Gasteiger partial charge in [-0.25, -0.2) is 0 Å². The second-order valence-electron chi connectivity index (χ2n) is 4.61. The lowest BCUT2D eigenvalue weighted by Gasteiger charge is -2.21. The molecule has 5 nitrogen and oxygen atoms in total. The Morgan fingerprint density at radius 2 is 2.35 bits per heavy atom. The van der Waals surface area contributed by atoms with Crippen molar-refractivity contribution in [3.05, 3.63) is 0 Å². The summed E-state index contributed by atoms with van der Waals surface area (Å²) in [5, 5.41) is 2.73. The summed E-state index contributed by atoms with van der Waals surface area (Å²) in [6.45, 7) is 2.60. The lowest BCUT2D eigenvalue weighted by molar-refractivity contribution is -0.129. The Kier molecular flexibility index (Phi) is 5.12. The fourth-order valence-corrected chi connectivity index (χ4v) is 2.39. The molecule has 1 aliphatic rings. The molecular weight excluding hydrogens is 220 g/mol. The first-order valence-electron chi connectivity index (χ1n) is 6.12. The van der Waals surface area contributed by atoms with Gasteiger partial charge in [0.1, 0.15) is 6.29 Å². The van der Waals surface area contributed by atoms with Crippen molar-refractivity contribution in [2.45, 2.75) is 32.6 Å². The van der Waals surface area contributed by atoms with Gasteiger partial charge in [-0.3, -0.25) is 9.59 Å². The number of hydrogen-bond donors (Lipinski definition) is 2. The molecule has 96 valence electrons. The van der Waals surface area contributed by atoms with Crippen molar-refractivity contribution in [2.24, 2.45) is 23.5 Å². The minimum absolute atomic E-state index is 0.0171. The zero-order valence-corrected chi connectivity index (χ0v) is 10.1. The molecule has 0 radical (unpaired) electrons. The normalized spacial score (nSPS) is 22.9. The molecule has 2 amide bonds. The SMILES string of the molecule is CCCC(C(N)=O)[C@@H](C=O)C[C@H]1CCNC1=O. The summed E-state index contributed by atoms with van der Waals surface area (Å²) in [6.07, 6.45) is 3.35. The zero-order chi connectivity index (χ0) is 12.8. The summed E-state index contributed by atoms with van der Waals surface area (Å²) in [6, 6.07) is 0. The number of nitrogens with two attached hydrogens (primary N) is 1. The predicted molar refractivity (Wildman–Crippen MR) is 62.9 cm³/mol. The molecule has 1 rings (SSSR count). The van der Waals surface area contributed by atoms with E-state index >= 15 is 0 Å². The molecular formula is C12H20N2O3. The third-order valence-electron chi connectivity index (χ3n) is 3.38. The molecule has 0 aromatic carbocycles. The lowest BCUT2D eigenvalue weighted by Crippen LogP contribution is -2.33. The van der Waals surface area contributed by atoms with Crippen LogP contribution in [-0.4, -0.2) is 24.6 Å². The maximum absolute atomic E-state index is 11.4. The smallest absolute Gasteiger partial charge is 0.223 e. The summed E-state index contributed by atoms with van der Waals surface area (Å²) < 4.78 is 0. The van der Waals surface area contributed by atoms with E-state index in [2.05, 4.69) is 5.32 Å². The summed E-state index contributed by atoms with van der Waals surface area (Å²) in [5.41, 5.74) is 5.31. The molecule has 0 bridgehead atoms. The number of carbonyl (C=O) groups excluding carboxylic acids is 3. The van der Waals surface area contributed by atoms with Crippen LogP contribution >= 0.6 is 0 Å². The highest BCUT2D eigenvalue weighted by Crippen LogP contribution is 2.26. The quantitative estimate of drug-likeness (QED) is 0.624. The first kappa shape index (κ1) is 13.7. The van der Waals surface area contributed by atoms with Crippen LogP contribution in [0, 0.1) is 17.8 Å². The number of carbonyl (C=O) groups is 3. The summed E-state index contributed by atoms with van der Waals surface area (Å²) >= 11 is 0. The standard InChI is InChI=1S/C12H20N2O3/c1-2-3-10(11(13)16)9(7-15)6-8-4-5-14-12(8)17/h7-10H,2-6H2,1H3,(H2,13,16)(H,14,17)/t8-,9-,10?/m1/s1. The van der Waals surface area contributed by atoms with E-state index < -0.39 is 17.7 Å². The van der Waals surface area contributed by atoms with Gasteiger partial charge in [0.2, 0.25) is 11.8 Å². The molecule has 1 unspecified atom stereocenters. The molecule has 1 fully saturated rings. The molecule has 1 heterocycles. The fraction of sp³-hybridized carbons (Fsp3) is 0.750. The van der Waals surface area contributed by atoms with Crippen LogP contribution in [0.2, 0.25) is 0 Å². The van der Waals surface area contributed by atoms with Crippen LogP contribution in [0.25, 0.3) is 0 Å². The van der Waals surface area contributed by atoms with Crippen molar-refractivity contribution in [3.8, 4) is 0 Å². The maximum atomic E-state index is 11.4. The van der Waals surface area contributed by atoms with Gasteiger partial charge >= 0.3 is 0 Å². The average Bonchev–Trinajstić information content (AvgIpc) is 2.69. The number of primary amides is 1. The van der Waals surface area contributed by atoms with Gasteiger partial charge in [0, 0.05) is 24.3 Å². The second kappa shape index (κ2) is 6.37. The number of rotatable bonds is 7. The van der Waals surface area contributed by atoms with Crippen LogP contribution in [0.3, 0.4) is 0 Å². The molecule has 1 saturated heterocycles. The molecule has 0 aliphatic carbocycles. The van der Waals surface area contributed by atoms with E-state index in [0.29, 0.717) is 19.4 Å². The van der Waals surface area contributed by atoms with Crippen molar-refractivity contribution in [2.75, 3.05) is 6.54 Å². The minimum Gasteiger partial charge on any atom is -0.369 e. The van der Waals surface area contributed by atoms with E-state index in [1.54, 1.807) is 0 Å². The van der Waals surface area contributed by atoms with E-state index in [9.17, 15) is 14.4 Å². The van der Waals surface area contributed by atoms with Gasteiger partial charge in [-0.2, -0.15) is 0 Å². The van der Waals surface area contributed by atoms with Gasteiger partial charge in [0.05, 0.1) is 0 Å². The molecule has 0 spiro atoms. The van der Waals surface area contributed by atoms with Crippen LogP contribution in [0.1, 0.15) is 32.6 Å². The summed E-state index contributed by atoms with van der Waals surface area (Å²) in [5.74, 6) is -1.48. The summed E-state index contributed by atoms with van der Waals surface area (Å²) in [7, 11) is 0. The van der Waals surface area contributed by atoms with E-state index in [1.165, 1.54) is 0 Å². The third kappa shape index (κ3) is 3.54. The molecule has 0 saturated carbocycles. The Hall–Kier alpha value is -1.39.